The molecule has 4 aromatic rings. The summed E-state index contributed by atoms with van der Waals surface area (Å²) in [4.78, 5) is 29.3. The van der Waals surface area contributed by atoms with Gasteiger partial charge in [0.1, 0.15) is 6.61 Å². The number of fused-ring (bicyclic) bond motifs is 1. The van der Waals surface area contributed by atoms with Gasteiger partial charge in [0.05, 0.1) is 34.5 Å². The summed E-state index contributed by atoms with van der Waals surface area (Å²) in [5.74, 6) is -0.376. The maximum absolute atomic E-state index is 12.5. The molecule has 2 N–H and O–H groups in total. The van der Waals surface area contributed by atoms with Crippen LogP contribution in [0.3, 0.4) is 0 Å². The molecule has 0 aliphatic rings. The lowest BCUT2D eigenvalue weighted by molar-refractivity contribution is 0.0472. The van der Waals surface area contributed by atoms with Crippen molar-refractivity contribution in [3.8, 4) is 22.6 Å². The lowest BCUT2D eigenvalue weighted by Gasteiger charge is -2.13. The molecule has 0 fully saturated rings. The molecule has 164 valence electrons. The van der Waals surface area contributed by atoms with Crippen LogP contribution in [0.2, 0.25) is 0 Å². The molecule has 0 saturated carbocycles. The van der Waals surface area contributed by atoms with E-state index in [1.54, 1.807) is 12.5 Å². The van der Waals surface area contributed by atoms with E-state index >= 15 is 0 Å². The van der Waals surface area contributed by atoms with E-state index in [0.717, 1.165) is 52.2 Å². The Labute approximate surface area is 187 Å². The van der Waals surface area contributed by atoms with Gasteiger partial charge in [-0.05, 0) is 57.1 Å². The van der Waals surface area contributed by atoms with E-state index in [4.69, 9.17) is 4.74 Å². The van der Waals surface area contributed by atoms with Crippen LogP contribution >= 0.6 is 0 Å². The molecule has 1 aromatic carbocycles. The van der Waals surface area contributed by atoms with Crippen molar-refractivity contribution in [2.45, 2.75) is 33.2 Å². The van der Waals surface area contributed by atoms with Gasteiger partial charge in [0.2, 0.25) is 0 Å². The first kappa shape index (κ1) is 21.6. The Balaban J connectivity index is 1.59. The average Bonchev–Trinajstić information content (AvgIpc) is 3.30. The highest BCUT2D eigenvalue weighted by Gasteiger charge is 2.14. The van der Waals surface area contributed by atoms with Gasteiger partial charge in [0.15, 0.2) is 0 Å². The van der Waals surface area contributed by atoms with Gasteiger partial charge < -0.3 is 15.0 Å². The van der Waals surface area contributed by atoms with Crippen LogP contribution in [-0.2, 0) is 4.74 Å². The SMILES string of the molecule is CCCN[C@H](C)COC(=O)c1cnc2ccc(-c3nc[nH]c3-c3cccc(C)n3)cc2c1. The highest BCUT2D eigenvalue weighted by molar-refractivity contribution is 5.95. The van der Waals surface area contributed by atoms with Crippen LogP contribution in [0, 0.1) is 6.92 Å². The fourth-order valence-corrected chi connectivity index (χ4v) is 3.51. The Morgan fingerprint density at radius 1 is 1.19 bits per heavy atom. The largest absolute Gasteiger partial charge is 0.460 e. The summed E-state index contributed by atoms with van der Waals surface area (Å²) in [5, 5.41) is 4.15. The number of nitrogens with one attached hydrogen (secondary N) is 2. The number of aromatic nitrogens is 4. The summed E-state index contributed by atoms with van der Waals surface area (Å²) < 4.78 is 5.46. The van der Waals surface area contributed by atoms with Gasteiger partial charge in [-0.1, -0.05) is 19.1 Å². The quantitative estimate of drug-likeness (QED) is 0.400. The molecule has 0 aliphatic carbocycles. The molecule has 7 heteroatoms. The number of imidazole rings is 1. The molecule has 0 saturated heterocycles. The zero-order valence-corrected chi connectivity index (χ0v) is 18.6. The molecule has 0 spiro atoms. The van der Waals surface area contributed by atoms with E-state index in [9.17, 15) is 4.79 Å². The fourth-order valence-electron chi connectivity index (χ4n) is 3.51. The number of esters is 1. The first-order valence-electron chi connectivity index (χ1n) is 10.8. The smallest absolute Gasteiger partial charge is 0.339 e. The van der Waals surface area contributed by atoms with Crippen molar-refractivity contribution in [3.63, 3.8) is 0 Å². The molecule has 0 amide bonds. The molecule has 1 atom stereocenters. The van der Waals surface area contributed by atoms with Gasteiger partial charge in [-0.2, -0.15) is 0 Å². The number of rotatable bonds is 8. The Morgan fingerprint density at radius 3 is 2.88 bits per heavy atom. The van der Waals surface area contributed by atoms with Crippen LogP contribution in [0.1, 0.15) is 36.3 Å². The standard InChI is InChI=1S/C25H27N5O2/c1-4-10-26-17(3)14-32-25(31)20-12-19-11-18(8-9-21(19)27-13-20)23-24(29-15-28-23)22-7-5-6-16(2)30-22/h5-9,11-13,15,17,26H,4,10,14H2,1-3H3,(H,28,29)/t17-/m1/s1. The topological polar surface area (TPSA) is 92.8 Å². The maximum atomic E-state index is 12.5. The second kappa shape index (κ2) is 9.70. The highest BCUT2D eigenvalue weighted by Crippen LogP contribution is 2.30. The Hall–Kier alpha value is -3.58. The first-order chi connectivity index (χ1) is 15.5. The minimum atomic E-state index is -0.376. The third kappa shape index (κ3) is 4.84. The van der Waals surface area contributed by atoms with Crippen LogP contribution in [0.5, 0.6) is 0 Å². The number of nitrogens with zero attached hydrogens (tertiary/aromatic N) is 3. The van der Waals surface area contributed by atoms with Crippen LogP contribution in [0.25, 0.3) is 33.5 Å². The number of pyridine rings is 2. The second-order valence-electron chi connectivity index (χ2n) is 7.88. The molecule has 3 aromatic heterocycles. The summed E-state index contributed by atoms with van der Waals surface area (Å²) in [6.45, 7) is 7.27. The zero-order chi connectivity index (χ0) is 22.5. The third-order valence-electron chi connectivity index (χ3n) is 5.18. The van der Waals surface area contributed by atoms with Crippen molar-refractivity contribution in [1.29, 1.82) is 0 Å². The lowest BCUT2D eigenvalue weighted by atomic mass is 10.0. The molecule has 4 rings (SSSR count). The van der Waals surface area contributed by atoms with Gasteiger partial charge >= 0.3 is 5.97 Å². The minimum Gasteiger partial charge on any atom is -0.460 e. The second-order valence-corrected chi connectivity index (χ2v) is 7.88. The predicted octanol–water partition coefficient (Wildman–Crippen LogP) is 4.54. The highest BCUT2D eigenvalue weighted by atomic mass is 16.5. The number of aryl methyl sites for hydroxylation is 1. The van der Waals surface area contributed by atoms with E-state index in [0.29, 0.717) is 12.2 Å². The molecular weight excluding hydrogens is 402 g/mol. The molecule has 7 nitrogen and oxygen atoms in total. The Morgan fingerprint density at radius 2 is 2.06 bits per heavy atom. The van der Waals surface area contributed by atoms with E-state index in [-0.39, 0.29) is 12.0 Å². The zero-order valence-electron chi connectivity index (χ0n) is 18.6. The molecule has 0 aliphatic heterocycles. The number of hydrogen-bond donors (Lipinski definition) is 2. The lowest BCUT2D eigenvalue weighted by Crippen LogP contribution is -2.32. The van der Waals surface area contributed by atoms with Gasteiger partial charge in [-0.25, -0.2) is 9.78 Å². The molecule has 32 heavy (non-hydrogen) atoms. The number of aromatic amines is 1. The van der Waals surface area contributed by atoms with Crippen LogP contribution in [0.15, 0.2) is 55.0 Å². The van der Waals surface area contributed by atoms with Crippen LogP contribution in [0.4, 0.5) is 0 Å². The van der Waals surface area contributed by atoms with Crippen molar-refractivity contribution in [1.82, 2.24) is 25.3 Å². The van der Waals surface area contributed by atoms with Crippen molar-refractivity contribution in [2.75, 3.05) is 13.2 Å². The normalized spacial score (nSPS) is 12.1. The van der Waals surface area contributed by atoms with Crippen LogP contribution < -0.4 is 5.32 Å². The van der Waals surface area contributed by atoms with Gasteiger partial charge in [0, 0.05) is 28.9 Å². The van der Waals surface area contributed by atoms with Crippen LogP contribution in [-0.4, -0.2) is 45.1 Å². The molecule has 0 bridgehead atoms. The molecular formula is C25H27N5O2. The minimum absolute atomic E-state index is 0.104. The van der Waals surface area contributed by atoms with Gasteiger partial charge in [0.25, 0.3) is 0 Å². The van der Waals surface area contributed by atoms with E-state index in [2.05, 4.69) is 32.2 Å². The molecule has 0 unspecified atom stereocenters. The maximum Gasteiger partial charge on any atom is 0.339 e. The monoisotopic (exact) mass is 429 g/mol. The number of carbonyl (C=O) groups is 1. The number of H-pyrrole nitrogens is 1. The average molecular weight is 430 g/mol. The van der Waals surface area contributed by atoms with Gasteiger partial charge in [-0.3, -0.25) is 9.97 Å². The van der Waals surface area contributed by atoms with E-state index in [1.807, 2.05) is 56.3 Å². The predicted molar refractivity (Wildman–Crippen MR) is 125 cm³/mol. The van der Waals surface area contributed by atoms with Gasteiger partial charge in [-0.15, -0.1) is 0 Å². The van der Waals surface area contributed by atoms with Crippen molar-refractivity contribution >= 4 is 16.9 Å². The summed E-state index contributed by atoms with van der Waals surface area (Å²) in [5.41, 5.74) is 5.57. The third-order valence-corrected chi connectivity index (χ3v) is 5.18. The van der Waals surface area contributed by atoms with E-state index < -0.39 is 0 Å². The summed E-state index contributed by atoms with van der Waals surface area (Å²) >= 11 is 0. The fraction of sp³-hybridized carbons (Fsp3) is 0.280. The summed E-state index contributed by atoms with van der Waals surface area (Å²) in [6, 6.07) is 13.7. The Kier molecular flexibility index (Phi) is 6.56. The number of ether oxygens (including phenoxy) is 1. The number of hydrogen-bond acceptors (Lipinski definition) is 6. The van der Waals surface area contributed by atoms with Crippen molar-refractivity contribution < 1.29 is 9.53 Å². The molecule has 0 radical (unpaired) electrons. The first-order valence-corrected chi connectivity index (χ1v) is 10.8. The van der Waals surface area contributed by atoms with Crippen molar-refractivity contribution in [3.05, 3.63) is 66.2 Å². The summed E-state index contributed by atoms with van der Waals surface area (Å²) in [6.07, 6.45) is 4.26. The molecule has 3 heterocycles. The number of carbonyl (C=O) groups excluding carboxylic acids is 1. The Bertz CT molecular complexity index is 1230. The summed E-state index contributed by atoms with van der Waals surface area (Å²) in [7, 11) is 0. The number of benzene rings is 1. The van der Waals surface area contributed by atoms with Crippen molar-refractivity contribution in [2.24, 2.45) is 0 Å². The van der Waals surface area contributed by atoms with E-state index in [1.165, 1.54) is 0 Å².